The van der Waals surface area contributed by atoms with Gasteiger partial charge in [0.2, 0.25) is 5.91 Å². The van der Waals surface area contributed by atoms with Crippen molar-refractivity contribution in [1.29, 1.82) is 0 Å². The summed E-state index contributed by atoms with van der Waals surface area (Å²) in [6, 6.07) is 8.66. The number of hydrogen-bond donors (Lipinski definition) is 3. The summed E-state index contributed by atoms with van der Waals surface area (Å²) >= 11 is 0. The minimum Gasteiger partial charge on any atom is -0.379 e. The van der Waals surface area contributed by atoms with Crippen LogP contribution < -0.4 is 16.4 Å². The fraction of sp³-hybridized carbons (Fsp3) is 0.611. The van der Waals surface area contributed by atoms with Crippen LogP contribution in [0.5, 0.6) is 0 Å². The van der Waals surface area contributed by atoms with E-state index in [-0.39, 0.29) is 18.3 Å². The highest BCUT2D eigenvalue weighted by atomic mass is 35.5. The molecule has 2 fully saturated rings. The summed E-state index contributed by atoms with van der Waals surface area (Å²) in [5, 5.41) is 7.32. The van der Waals surface area contributed by atoms with Crippen LogP contribution in [0.2, 0.25) is 0 Å². The van der Waals surface area contributed by atoms with Gasteiger partial charge in [-0.05, 0) is 49.4 Å². The second-order valence-corrected chi connectivity index (χ2v) is 6.61. The van der Waals surface area contributed by atoms with Crippen LogP contribution in [-0.4, -0.2) is 44.3 Å². The molecule has 1 saturated heterocycles. The van der Waals surface area contributed by atoms with Crippen LogP contribution >= 0.6 is 12.4 Å². The second-order valence-electron chi connectivity index (χ2n) is 6.61. The first-order valence-corrected chi connectivity index (χ1v) is 8.67. The van der Waals surface area contributed by atoms with Gasteiger partial charge in [0, 0.05) is 24.2 Å². The van der Waals surface area contributed by atoms with E-state index < -0.39 is 0 Å². The molecule has 0 aromatic heterocycles. The Labute approximate surface area is 150 Å². The van der Waals surface area contributed by atoms with Gasteiger partial charge in [0.15, 0.2) is 0 Å². The van der Waals surface area contributed by atoms with Gasteiger partial charge in [-0.2, -0.15) is 0 Å². The number of halogens is 1. The normalized spacial score (nSPS) is 26.8. The molecule has 134 valence electrons. The Bertz CT molecular complexity index is 535. The van der Waals surface area contributed by atoms with E-state index in [9.17, 15) is 4.79 Å². The van der Waals surface area contributed by atoms with Gasteiger partial charge in [-0.3, -0.25) is 4.79 Å². The number of benzene rings is 1. The number of carbonyl (C=O) groups excluding carboxylic acids is 1. The third-order valence-electron chi connectivity index (χ3n) is 5.07. The van der Waals surface area contributed by atoms with Crippen molar-refractivity contribution in [1.82, 2.24) is 10.6 Å². The molecule has 3 unspecified atom stereocenters. The van der Waals surface area contributed by atoms with Gasteiger partial charge in [0.25, 0.3) is 0 Å². The third kappa shape index (κ3) is 4.93. The molecule has 0 spiro atoms. The summed E-state index contributed by atoms with van der Waals surface area (Å²) in [6.45, 7) is 3.56. The summed E-state index contributed by atoms with van der Waals surface area (Å²) in [6.07, 6.45) is 4.72. The number of carbonyl (C=O) groups is 1. The molecule has 3 rings (SSSR count). The molecule has 0 bridgehead atoms. The minimum atomic E-state index is -0.362. The van der Waals surface area contributed by atoms with Gasteiger partial charge in [-0.1, -0.05) is 18.6 Å². The molecule has 4 N–H and O–H groups in total. The Morgan fingerprint density at radius 3 is 3.00 bits per heavy atom. The van der Waals surface area contributed by atoms with Gasteiger partial charge in [-0.25, -0.2) is 0 Å². The van der Waals surface area contributed by atoms with Crippen LogP contribution in [0.25, 0.3) is 0 Å². The molecule has 1 aliphatic carbocycles. The highest BCUT2D eigenvalue weighted by molar-refractivity contribution is 5.92. The van der Waals surface area contributed by atoms with Crippen LogP contribution in [0.15, 0.2) is 24.3 Å². The van der Waals surface area contributed by atoms with E-state index in [2.05, 4.69) is 16.7 Å². The monoisotopic (exact) mass is 353 g/mol. The summed E-state index contributed by atoms with van der Waals surface area (Å²) in [7, 11) is 0. The highest BCUT2D eigenvalue weighted by Crippen LogP contribution is 2.29. The lowest BCUT2D eigenvalue weighted by Crippen LogP contribution is -2.51. The van der Waals surface area contributed by atoms with Crippen molar-refractivity contribution in [2.75, 3.05) is 26.3 Å². The molecule has 2 aliphatic rings. The molecule has 0 radical (unpaired) electrons. The molecule has 1 aromatic carbocycles. The standard InChI is InChI=1S/C18H27N3O2.ClH/c19-18(22)14-4-1-3-13(11-14)7-8-20-16-6-2-5-15(16)17-12-23-10-9-21-17;/h1,3-4,11,15-17,20-21H,2,5-10,12H2,(H2,19,22);1H. The molecule has 1 aromatic rings. The number of nitrogens with one attached hydrogen (secondary N) is 2. The SMILES string of the molecule is Cl.NC(=O)c1cccc(CCNC2CCCC2C2COCCN2)c1. The molecular weight excluding hydrogens is 326 g/mol. The van der Waals surface area contributed by atoms with Crippen LogP contribution in [-0.2, 0) is 11.2 Å². The van der Waals surface area contributed by atoms with Crippen molar-refractivity contribution in [2.24, 2.45) is 11.7 Å². The molecule has 1 heterocycles. The van der Waals surface area contributed by atoms with E-state index in [0.717, 1.165) is 38.3 Å². The lowest BCUT2D eigenvalue weighted by atomic mass is 9.94. The van der Waals surface area contributed by atoms with Crippen molar-refractivity contribution < 1.29 is 9.53 Å². The fourth-order valence-electron chi connectivity index (χ4n) is 3.87. The first kappa shape index (κ1) is 19.2. The van der Waals surface area contributed by atoms with E-state index in [1.54, 1.807) is 6.07 Å². The number of rotatable bonds is 6. The van der Waals surface area contributed by atoms with E-state index in [1.165, 1.54) is 19.3 Å². The predicted molar refractivity (Wildman–Crippen MR) is 97.7 cm³/mol. The first-order valence-electron chi connectivity index (χ1n) is 8.67. The molecular formula is C18H28ClN3O2. The maximum atomic E-state index is 11.2. The Morgan fingerprint density at radius 1 is 1.38 bits per heavy atom. The van der Waals surface area contributed by atoms with Gasteiger partial charge in [-0.15, -0.1) is 12.4 Å². The molecule has 24 heavy (non-hydrogen) atoms. The Kier molecular flexibility index (Phi) is 7.49. The summed E-state index contributed by atoms with van der Waals surface area (Å²) < 4.78 is 5.62. The summed E-state index contributed by atoms with van der Waals surface area (Å²) in [4.78, 5) is 11.2. The van der Waals surface area contributed by atoms with Crippen molar-refractivity contribution in [3.8, 4) is 0 Å². The van der Waals surface area contributed by atoms with Gasteiger partial charge in [0.1, 0.15) is 0 Å². The number of primary amides is 1. The smallest absolute Gasteiger partial charge is 0.248 e. The van der Waals surface area contributed by atoms with Crippen LogP contribution in [0.1, 0.15) is 35.2 Å². The van der Waals surface area contributed by atoms with Gasteiger partial charge >= 0.3 is 0 Å². The van der Waals surface area contributed by atoms with Crippen molar-refractivity contribution >= 4 is 18.3 Å². The minimum absolute atomic E-state index is 0. The maximum Gasteiger partial charge on any atom is 0.248 e. The van der Waals surface area contributed by atoms with E-state index in [1.807, 2.05) is 12.1 Å². The lowest BCUT2D eigenvalue weighted by Gasteiger charge is -2.33. The number of morpholine rings is 1. The molecule has 6 heteroatoms. The average molecular weight is 354 g/mol. The zero-order chi connectivity index (χ0) is 16.1. The predicted octanol–water partition coefficient (Wildman–Crippen LogP) is 1.50. The zero-order valence-corrected chi connectivity index (χ0v) is 14.8. The summed E-state index contributed by atoms with van der Waals surface area (Å²) in [5.41, 5.74) is 7.08. The Morgan fingerprint density at radius 2 is 2.25 bits per heavy atom. The topological polar surface area (TPSA) is 76.4 Å². The van der Waals surface area contributed by atoms with E-state index in [4.69, 9.17) is 10.5 Å². The van der Waals surface area contributed by atoms with Crippen LogP contribution in [0.4, 0.5) is 0 Å². The van der Waals surface area contributed by atoms with E-state index in [0.29, 0.717) is 23.6 Å². The van der Waals surface area contributed by atoms with Crippen molar-refractivity contribution in [3.05, 3.63) is 35.4 Å². The van der Waals surface area contributed by atoms with Gasteiger partial charge < -0.3 is 21.1 Å². The van der Waals surface area contributed by atoms with Gasteiger partial charge in [0.05, 0.1) is 13.2 Å². The quantitative estimate of drug-likeness (QED) is 0.724. The van der Waals surface area contributed by atoms with Crippen molar-refractivity contribution in [2.45, 2.75) is 37.8 Å². The first-order chi connectivity index (χ1) is 11.2. The van der Waals surface area contributed by atoms with E-state index >= 15 is 0 Å². The Balaban J connectivity index is 0.00000208. The summed E-state index contributed by atoms with van der Waals surface area (Å²) in [5.74, 6) is 0.297. The molecule has 1 aliphatic heterocycles. The number of hydrogen-bond acceptors (Lipinski definition) is 4. The average Bonchev–Trinajstić information content (AvgIpc) is 3.04. The molecule has 1 saturated carbocycles. The lowest BCUT2D eigenvalue weighted by molar-refractivity contribution is 0.0526. The third-order valence-corrected chi connectivity index (χ3v) is 5.07. The van der Waals surface area contributed by atoms with Crippen molar-refractivity contribution in [3.63, 3.8) is 0 Å². The molecule has 1 amide bonds. The van der Waals surface area contributed by atoms with Crippen LogP contribution in [0.3, 0.4) is 0 Å². The largest absolute Gasteiger partial charge is 0.379 e. The maximum absolute atomic E-state index is 11.2. The second kappa shape index (κ2) is 9.37. The highest BCUT2D eigenvalue weighted by Gasteiger charge is 2.34. The molecule has 5 nitrogen and oxygen atoms in total. The fourth-order valence-corrected chi connectivity index (χ4v) is 3.87. The number of ether oxygens (including phenoxy) is 1. The molecule has 3 atom stereocenters. The Hall–Kier alpha value is -1.14. The number of nitrogens with two attached hydrogens (primary N) is 1. The van der Waals surface area contributed by atoms with Crippen LogP contribution in [0, 0.1) is 5.92 Å². The number of amides is 1. The zero-order valence-electron chi connectivity index (χ0n) is 14.0.